The molecular formula is C27H24F2N2O3. The van der Waals surface area contributed by atoms with Crippen LogP contribution in [0.1, 0.15) is 30.9 Å². The fourth-order valence-electron chi connectivity index (χ4n) is 3.81. The minimum atomic E-state index is -0.403. The second-order valence-electron chi connectivity index (χ2n) is 8.33. The van der Waals surface area contributed by atoms with E-state index in [9.17, 15) is 18.4 Å². The maximum absolute atomic E-state index is 13.7. The number of pyridine rings is 1. The van der Waals surface area contributed by atoms with Gasteiger partial charge in [-0.3, -0.25) is 9.59 Å². The molecule has 3 aromatic carbocycles. The van der Waals surface area contributed by atoms with Crippen molar-refractivity contribution >= 4 is 22.5 Å². The molecule has 0 spiro atoms. The van der Waals surface area contributed by atoms with E-state index in [-0.39, 0.29) is 30.4 Å². The highest BCUT2D eigenvalue weighted by atomic mass is 19.1. The Balaban J connectivity index is 1.63. The molecule has 7 heteroatoms. The van der Waals surface area contributed by atoms with Gasteiger partial charge in [0.1, 0.15) is 17.4 Å². The van der Waals surface area contributed by atoms with Gasteiger partial charge in [0.05, 0.1) is 12.1 Å². The third kappa shape index (κ3) is 5.31. The van der Waals surface area contributed by atoms with Crippen LogP contribution in [0.15, 0.2) is 77.6 Å². The number of hydrogen-bond acceptors (Lipinski definition) is 3. The van der Waals surface area contributed by atoms with Gasteiger partial charge >= 0.3 is 0 Å². The number of halogens is 2. The minimum absolute atomic E-state index is 0.118. The summed E-state index contributed by atoms with van der Waals surface area (Å²) in [5, 5.41) is 3.52. The summed E-state index contributed by atoms with van der Waals surface area (Å²) in [6, 6.07) is 18.5. The van der Waals surface area contributed by atoms with Crippen molar-refractivity contribution in [3.63, 3.8) is 0 Å². The predicted molar refractivity (Wildman–Crippen MR) is 128 cm³/mol. The summed E-state index contributed by atoms with van der Waals surface area (Å²) in [4.78, 5) is 25.2. The van der Waals surface area contributed by atoms with Crippen molar-refractivity contribution in [1.82, 2.24) is 4.57 Å². The molecule has 1 amide bonds. The lowest BCUT2D eigenvalue weighted by Crippen LogP contribution is -2.22. The quantitative estimate of drug-likeness (QED) is 0.396. The molecule has 4 rings (SSSR count). The number of nitrogens with one attached hydrogen (secondary N) is 1. The molecule has 34 heavy (non-hydrogen) atoms. The van der Waals surface area contributed by atoms with E-state index < -0.39 is 11.7 Å². The number of benzene rings is 3. The fraction of sp³-hybridized carbons (Fsp3) is 0.185. The second-order valence-corrected chi connectivity index (χ2v) is 8.33. The molecule has 0 unspecified atom stereocenters. The number of rotatable bonds is 7. The number of hydrogen-bond donors (Lipinski definition) is 1. The van der Waals surface area contributed by atoms with Gasteiger partial charge < -0.3 is 14.6 Å². The van der Waals surface area contributed by atoms with Crippen molar-refractivity contribution in [1.29, 1.82) is 0 Å². The van der Waals surface area contributed by atoms with E-state index in [4.69, 9.17) is 4.74 Å². The molecule has 0 fully saturated rings. The maximum Gasteiger partial charge on any atom is 0.262 e. The Morgan fingerprint density at radius 2 is 1.74 bits per heavy atom. The molecule has 1 N–H and O–H groups in total. The third-order valence-electron chi connectivity index (χ3n) is 5.47. The van der Waals surface area contributed by atoms with Crippen LogP contribution in [0, 0.1) is 11.6 Å². The Labute approximate surface area is 195 Å². The van der Waals surface area contributed by atoms with Crippen LogP contribution >= 0.6 is 0 Å². The monoisotopic (exact) mass is 462 g/mol. The molecule has 0 atom stereocenters. The average Bonchev–Trinajstić information content (AvgIpc) is 2.80. The Hall–Kier alpha value is -4.00. The van der Waals surface area contributed by atoms with Crippen LogP contribution in [0.25, 0.3) is 10.9 Å². The standard InChI is InChI=1S/C27H24F2N2O3/c1-17(2)24-14-27(33)31(15-18-4-3-5-20(29)12-18)25-13-22(10-11-23(24)25)34-16-26(32)30-21-8-6-19(28)7-9-21/h3-14,17H,15-16H2,1-2H3,(H,30,32). The van der Waals surface area contributed by atoms with E-state index in [1.54, 1.807) is 34.9 Å². The molecule has 0 bridgehead atoms. The number of nitrogens with zero attached hydrogens (tertiary/aromatic N) is 1. The molecule has 1 aromatic heterocycles. The van der Waals surface area contributed by atoms with Crippen molar-refractivity contribution in [2.75, 3.05) is 11.9 Å². The lowest BCUT2D eigenvalue weighted by molar-refractivity contribution is -0.118. The van der Waals surface area contributed by atoms with Gasteiger partial charge in [-0.2, -0.15) is 0 Å². The van der Waals surface area contributed by atoms with Crippen LogP contribution in [0.3, 0.4) is 0 Å². The number of ether oxygens (including phenoxy) is 1. The van der Waals surface area contributed by atoms with E-state index >= 15 is 0 Å². The van der Waals surface area contributed by atoms with Crippen molar-refractivity contribution in [2.24, 2.45) is 0 Å². The van der Waals surface area contributed by atoms with E-state index in [1.165, 1.54) is 36.4 Å². The van der Waals surface area contributed by atoms with Crippen LogP contribution in [0.4, 0.5) is 14.5 Å². The van der Waals surface area contributed by atoms with Crippen molar-refractivity contribution < 1.29 is 18.3 Å². The SMILES string of the molecule is CC(C)c1cc(=O)n(Cc2cccc(F)c2)c2cc(OCC(=O)Nc3ccc(F)cc3)ccc12. The molecule has 174 valence electrons. The lowest BCUT2D eigenvalue weighted by atomic mass is 9.98. The smallest absolute Gasteiger partial charge is 0.262 e. The molecule has 0 saturated carbocycles. The second kappa shape index (κ2) is 9.87. The fourth-order valence-corrected chi connectivity index (χ4v) is 3.81. The first kappa shape index (κ1) is 23.2. The third-order valence-corrected chi connectivity index (χ3v) is 5.47. The molecule has 0 aliphatic heterocycles. The highest BCUT2D eigenvalue weighted by molar-refractivity contribution is 5.92. The molecule has 0 saturated heterocycles. The maximum atomic E-state index is 13.7. The normalized spacial score (nSPS) is 11.1. The van der Waals surface area contributed by atoms with Gasteiger partial charge in [0.25, 0.3) is 11.5 Å². The number of anilines is 1. The lowest BCUT2D eigenvalue weighted by Gasteiger charge is -2.17. The first-order chi connectivity index (χ1) is 16.3. The summed E-state index contributed by atoms with van der Waals surface area (Å²) in [6.07, 6.45) is 0. The van der Waals surface area contributed by atoms with Crippen LogP contribution in [-0.4, -0.2) is 17.1 Å². The number of fused-ring (bicyclic) bond motifs is 1. The number of amides is 1. The highest BCUT2D eigenvalue weighted by Gasteiger charge is 2.14. The molecule has 0 radical (unpaired) electrons. The van der Waals surface area contributed by atoms with Gasteiger partial charge in [-0.1, -0.05) is 26.0 Å². The van der Waals surface area contributed by atoms with Gasteiger partial charge in [-0.25, -0.2) is 8.78 Å². The van der Waals surface area contributed by atoms with E-state index in [2.05, 4.69) is 5.32 Å². The summed E-state index contributed by atoms with van der Waals surface area (Å²) in [6.45, 7) is 3.95. The molecular weight excluding hydrogens is 438 g/mol. The Bertz CT molecular complexity index is 1400. The first-order valence-corrected chi connectivity index (χ1v) is 10.9. The average molecular weight is 462 g/mol. The summed E-state index contributed by atoms with van der Waals surface area (Å²) in [7, 11) is 0. The van der Waals surface area contributed by atoms with Crippen LogP contribution in [-0.2, 0) is 11.3 Å². The van der Waals surface area contributed by atoms with Gasteiger partial charge in [-0.05, 0) is 65.6 Å². The zero-order chi connectivity index (χ0) is 24.2. The molecule has 0 aliphatic carbocycles. The van der Waals surface area contributed by atoms with Crippen molar-refractivity contribution in [3.05, 3.63) is 106 Å². The van der Waals surface area contributed by atoms with Crippen LogP contribution in [0.5, 0.6) is 5.75 Å². The Morgan fingerprint density at radius 1 is 0.971 bits per heavy atom. The summed E-state index contributed by atoms with van der Waals surface area (Å²) in [5.41, 5.74) is 2.45. The van der Waals surface area contributed by atoms with Crippen molar-refractivity contribution in [2.45, 2.75) is 26.3 Å². The van der Waals surface area contributed by atoms with Gasteiger partial charge in [0, 0.05) is 23.2 Å². The summed E-state index contributed by atoms with van der Waals surface area (Å²) in [5.74, 6) is -0.637. The topological polar surface area (TPSA) is 60.3 Å². The van der Waals surface area contributed by atoms with Gasteiger partial charge in [0.2, 0.25) is 0 Å². The number of carbonyl (C=O) groups is 1. The first-order valence-electron chi connectivity index (χ1n) is 10.9. The molecule has 5 nitrogen and oxygen atoms in total. The van der Waals surface area contributed by atoms with Crippen LogP contribution in [0.2, 0.25) is 0 Å². The number of carbonyl (C=O) groups excluding carboxylic acids is 1. The Kier molecular flexibility index (Phi) is 6.72. The highest BCUT2D eigenvalue weighted by Crippen LogP contribution is 2.28. The summed E-state index contributed by atoms with van der Waals surface area (Å²) >= 11 is 0. The van der Waals surface area contributed by atoms with E-state index in [0.717, 1.165) is 10.9 Å². The molecule has 4 aromatic rings. The van der Waals surface area contributed by atoms with Gasteiger partial charge in [-0.15, -0.1) is 0 Å². The molecule has 0 aliphatic rings. The van der Waals surface area contributed by atoms with Gasteiger partial charge in [0.15, 0.2) is 6.61 Å². The minimum Gasteiger partial charge on any atom is -0.484 e. The zero-order valence-corrected chi connectivity index (χ0v) is 18.8. The summed E-state index contributed by atoms with van der Waals surface area (Å²) < 4.78 is 34.0. The van der Waals surface area contributed by atoms with Crippen LogP contribution < -0.4 is 15.6 Å². The zero-order valence-electron chi connectivity index (χ0n) is 18.8. The number of aromatic nitrogens is 1. The van der Waals surface area contributed by atoms with E-state index in [0.29, 0.717) is 22.5 Å². The predicted octanol–water partition coefficient (Wildman–Crippen LogP) is 5.47. The van der Waals surface area contributed by atoms with E-state index in [1.807, 2.05) is 19.9 Å². The largest absolute Gasteiger partial charge is 0.484 e. The van der Waals surface area contributed by atoms with Crippen molar-refractivity contribution in [3.8, 4) is 5.75 Å². The Morgan fingerprint density at radius 3 is 2.44 bits per heavy atom. The molecule has 1 heterocycles.